The predicted octanol–water partition coefficient (Wildman–Crippen LogP) is 4.23. The molecule has 0 N–H and O–H groups in total. The van der Waals surface area contributed by atoms with Gasteiger partial charge in [-0.25, -0.2) is 0 Å². The molecule has 3 rings (SSSR count). The van der Waals surface area contributed by atoms with Crippen molar-refractivity contribution in [3.8, 4) is 28.8 Å². The van der Waals surface area contributed by atoms with E-state index in [4.69, 9.17) is 25.8 Å². The van der Waals surface area contributed by atoms with Gasteiger partial charge in [-0.15, -0.1) is 0 Å². The zero-order valence-electron chi connectivity index (χ0n) is 16.7. The number of carbonyl (C=O) groups is 1. The van der Waals surface area contributed by atoms with E-state index in [1.165, 1.54) is 7.11 Å². The zero-order valence-corrected chi connectivity index (χ0v) is 17.4. The lowest BCUT2D eigenvalue weighted by molar-refractivity contribution is -0.140. The van der Waals surface area contributed by atoms with Crippen LogP contribution in [0.1, 0.15) is 41.8 Å². The summed E-state index contributed by atoms with van der Waals surface area (Å²) >= 11 is 6.65. The molecule has 1 aliphatic heterocycles. The minimum Gasteiger partial charge on any atom is -0.493 e. The molecule has 0 amide bonds. The SMILES string of the molecule is COC(=O)CCc1c(C)c(C#N)c2n1C(C)Cc1c-2cc(OC)c(OC)c1Cl. The van der Waals surface area contributed by atoms with Crippen molar-refractivity contribution in [2.75, 3.05) is 21.3 Å². The number of hydrogen-bond acceptors (Lipinski definition) is 5. The lowest BCUT2D eigenvalue weighted by atomic mass is 9.92. The molecule has 0 aliphatic carbocycles. The molecule has 0 bridgehead atoms. The summed E-state index contributed by atoms with van der Waals surface area (Å²) in [6.07, 6.45) is 1.46. The Hall–Kier alpha value is -2.65. The van der Waals surface area contributed by atoms with Gasteiger partial charge in [-0.1, -0.05) is 11.6 Å². The number of hydrogen-bond donors (Lipinski definition) is 0. The van der Waals surface area contributed by atoms with Crippen LogP contribution < -0.4 is 9.47 Å². The van der Waals surface area contributed by atoms with Gasteiger partial charge in [0.1, 0.15) is 6.07 Å². The third-order valence-electron chi connectivity index (χ3n) is 5.39. The highest BCUT2D eigenvalue weighted by atomic mass is 35.5. The first-order valence-electron chi connectivity index (χ1n) is 9.03. The molecule has 2 aromatic rings. The monoisotopic (exact) mass is 402 g/mol. The number of fused-ring (bicyclic) bond motifs is 3. The fourth-order valence-corrected chi connectivity index (χ4v) is 4.41. The van der Waals surface area contributed by atoms with Crippen LogP contribution >= 0.6 is 11.6 Å². The molecule has 0 fully saturated rings. The van der Waals surface area contributed by atoms with Crippen molar-refractivity contribution < 1.29 is 19.0 Å². The van der Waals surface area contributed by atoms with Crippen LogP contribution in [0.15, 0.2) is 6.07 Å². The van der Waals surface area contributed by atoms with Crippen LogP contribution in [0.2, 0.25) is 5.02 Å². The molecular weight excluding hydrogens is 380 g/mol. The second kappa shape index (κ2) is 7.76. The van der Waals surface area contributed by atoms with Crippen LogP contribution in [-0.2, 0) is 22.4 Å². The molecule has 1 aromatic heterocycles. The topological polar surface area (TPSA) is 73.5 Å². The van der Waals surface area contributed by atoms with Crippen molar-refractivity contribution in [3.05, 3.63) is 33.5 Å². The molecule has 1 aliphatic rings. The lowest BCUT2D eigenvalue weighted by Gasteiger charge is -2.29. The summed E-state index contributed by atoms with van der Waals surface area (Å²) in [6.45, 7) is 4.01. The van der Waals surface area contributed by atoms with Gasteiger partial charge in [0.05, 0.1) is 44.0 Å². The highest BCUT2D eigenvalue weighted by Gasteiger charge is 2.33. The van der Waals surface area contributed by atoms with Gasteiger partial charge in [0.25, 0.3) is 0 Å². The Morgan fingerprint density at radius 2 is 2.07 bits per heavy atom. The summed E-state index contributed by atoms with van der Waals surface area (Å²) in [5.41, 5.74) is 5.07. The molecule has 1 atom stereocenters. The smallest absolute Gasteiger partial charge is 0.305 e. The fraction of sp³-hybridized carbons (Fsp3) is 0.429. The number of nitrogens with zero attached hydrogens (tertiary/aromatic N) is 2. The molecule has 0 saturated carbocycles. The van der Waals surface area contributed by atoms with Crippen LogP contribution in [0.3, 0.4) is 0 Å². The number of methoxy groups -OCH3 is 3. The number of benzene rings is 1. The largest absolute Gasteiger partial charge is 0.493 e. The van der Waals surface area contributed by atoms with E-state index in [1.807, 2.05) is 13.0 Å². The van der Waals surface area contributed by atoms with Gasteiger partial charge >= 0.3 is 5.97 Å². The Kier molecular flexibility index (Phi) is 5.57. The summed E-state index contributed by atoms with van der Waals surface area (Å²) in [4.78, 5) is 11.7. The molecule has 0 saturated heterocycles. The van der Waals surface area contributed by atoms with Crippen LogP contribution in [0.25, 0.3) is 11.3 Å². The zero-order chi connectivity index (χ0) is 20.6. The number of esters is 1. The van der Waals surface area contributed by atoms with Gasteiger partial charge in [0, 0.05) is 17.3 Å². The number of aromatic nitrogens is 1. The molecule has 28 heavy (non-hydrogen) atoms. The molecule has 2 heterocycles. The van der Waals surface area contributed by atoms with Crippen LogP contribution in [0, 0.1) is 18.3 Å². The van der Waals surface area contributed by atoms with E-state index < -0.39 is 0 Å². The predicted molar refractivity (Wildman–Crippen MR) is 106 cm³/mol. The Morgan fingerprint density at radius 3 is 2.64 bits per heavy atom. The van der Waals surface area contributed by atoms with Gasteiger partial charge < -0.3 is 18.8 Å². The highest BCUT2D eigenvalue weighted by Crippen LogP contribution is 2.49. The molecule has 148 valence electrons. The second-order valence-electron chi connectivity index (χ2n) is 6.86. The summed E-state index contributed by atoms with van der Waals surface area (Å²) in [5, 5.41) is 10.4. The van der Waals surface area contributed by atoms with E-state index in [0.29, 0.717) is 34.9 Å². The third-order valence-corrected chi connectivity index (χ3v) is 5.79. The molecule has 0 spiro atoms. The Bertz CT molecular complexity index is 988. The molecule has 6 nitrogen and oxygen atoms in total. The summed E-state index contributed by atoms with van der Waals surface area (Å²) in [5.74, 6) is 0.745. The minimum absolute atomic E-state index is 0.0755. The van der Waals surface area contributed by atoms with Crippen molar-refractivity contribution >= 4 is 17.6 Å². The van der Waals surface area contributed by atoms with Gasteiger partial charge in [0.15, 0.2) is 11.5 Å². The Balaban J connectivity index is 2.27. The van der Waals surface area contributed by atoms with Gasteiger partial charge in [0.2, 0.25) is 0 Å². The van der Waals surface area contributed by atoms with Crippen molar-refractivity contribution in [3.63, 3.8) is 0 Å². The summed E-state index contributed by atoms with van der Waals surface area (Å²) in [6, 6.07) is 4.29. The average molecular weight is 403 g/mol. The molecule has 1 aromatic carbocycles. The van der Waals surface area contributed by atoms with Crippen molar-refractivity contribution in [2.45, 2.75) is 39.2 Å². The number of halogens is 1. The van der Waals surface area contributed by atoms with Crippen LogP contribution in [0.5, 0.6) is 11.5 Å². The quantitative estimate of drug-likeness (QED) is 0.700. The van der Waals surface area contributed by atoms with Gasteiger partial charge in [-0.2, -0.15) is 5.26 Å². The lowest BCUT2D eigenvalue weighted by Crippen LogP contribution is -2.19. The average Bonchev–Trinajstić information content (AvgIpc) is 2.98. The summed E-state index contributed by atoms with van der Waals surface area (Å²) < 4.78 is 17.8. The number of ether oxygens (including phenoxy) is 3. The maximum absolute atomic E-state index is 11.7. The first-order valence-corrected chi connectivity index (χ1v) is 9.41. The van der Waals surface area contributed by atoms with Crippen LogP contribution in [0.4, 0.5) is 0 Å². The highest BCUT2D eigenvalue weighted by molar-refractivity contribution is 6.33. The number of rotatable bonds is 5. The molecule has 1 unspecified atom stereocenters. The van der Waals surface area contributed by atoms with E-state index >= 15 is 0 Å². The van der Waals surface area contributed by atoms with Crippen LogP contribution in [-0.4, -0.2) is 31.9 Å². The maximum atomic E-state index is 11.7. The van der Waals surface area contributed by atoms with E-state index in [1.54, 1.807) is 14.2 Å². The number of carbonyl (C=O) groups excluding carboxylic acids is 1. The second-order valence-corrected chi connectivity index (χ2v) is 7.24. The maximum Gasteiger partial charge on any atom is 0.305 e. The minimum atomic E-state index is -0.272. The van der Waals surface area contributed by atoms with E-state index in [0.717, 1.165) is 28.1 Å². The summed E-state index contributed by atoms with van der Waals surface area (Å²) in [7, 11) is 4.49. The Morgan fingerprint density at radius 1 is 1.36 bits per heavy atom. The molecule has 7 heteroatoms. The standard InChI is InChI=1S/C21H23ClN2O4/c1-11-8-13-14(9-17(26-3)21(28-5)19(13)22)20-15(10-23)12(2)16(24(11)20)6-7-18(25)27-4/h9,11H,6-8H2,1-5H3. The normalized spacial score (nSPS) is 14.7. The van der Waals surface area contributed by atoms with Crippen molar-refractivity contribution in [2.24, 2.45) is 0 Å². The first-order chi connectivity index (χ1) is 13.4. The van der Waals surface area contributed by atoms with Gasteiger partial charge in [-0.05, 0) is 43.9 Å². The van der Waals surface area contributed by atoms with E-state index in [9.17, 15) is 10.1 Å². The van der Waals surface area contributed by atoms with Crippen molar-refractivity contribution in [1.82, 2.24) is 4.57 Å². The molecule has 0 radical (unpaired) electrons. The van der Waals surface area contributed by atoms with Crippen molar-refractivity contribution in [1.29, 1.82) is 5.26 Å². The van der Waals surface area contributed by atoms with E-state index in [-0.39, 0.29) is 18.4 Å². The van der Waals surface area contributed by atoms with E-state index in [2.05, 4.69) is 17.6 Å². The molecular formula is C21H23ClN2O4. The third kappa shape index (κ3) is 3.00. The van der Waals surface area contributed by atoms with Gasteiger partial charge in [-0.3, -0.25) is 4.79 Å². The first kappa shape index (κ1) is 20.1. The Labute approximate surface area is 169 Å². The number of nitriles is 1. The fourth-order valence-electron chi connectivity index (χ4n) is 4.06.